The molecule has 3 rings (SSSR count). The number of hydrogen-bond acceptors (Lipinski definition) is 3. The maximum Gasteiger partial charge on any atom is 0.251 e. The molecule has 1 saturated heterocycles. The third-order valence-corrected chi connectivity index (χ3v) is 5.51. The Hall–Kier alpha value is -3.02. The van der Waals surface area contributed by atoms with Crippen LogP contribution in [0.3, 0.4) is 0 Å². The number of carbonyl (C=O) groups excluding carboxylic acids is 1. The van der Waals surface area contributed by atoms with E-state index in [0.717, 1.165) is 31.2 Å². The minimum absolute atomic E-state index is 0.0439. The molecule has 1 aliphatic rings. The normalized spacial score (nSPS) is 14.9. The van der Waals surface area contributed by atoms with Gasteiger partial charge in [-0.05, 0) is 69.0 Å². The highest BCUT2D eigenvalue weighted by molar-refractivity contribution is 5.94. The van der Waals surface area contributed by atoms with E-state index in [4.69, 9.17) is 4.99 Å². The topological polar surface area (TPSA) is 68.8 Å². The molecule has 2 aromatic carbocycles. The zero-order chi connectivity index (χ0) is 22.1. The molecule has 1 atom stereocenters. The summed E-state index contributed by atoms with van der Waals surface area (Å²) in [5.41, 5.74) is 4.29. The second-order valence-electron chi connectivity index (χ2n) is 7.91. The molecule has 166 valence electrons. The van der Waals surface area contributed by atoms with E-state index in [1.165, 1.54) is 24.1 Å². The molecule has 0 aliphatic carbocycles. The second-order valence-corrected chi connectivity index (χ2v) is 7.91. The van der Waals surface area contributed by atoms with Gasteiger partial charge in [0.15, 0.2) is 5.96 Å². The molecule has 1 unspecified atom stereocenters. The highest BCUT2D eigenvalue weighted by Gasteiger charge is 2.14. The number of hydrogen-bond donors (Lipinski definition) is 3. The van der Waals surface area contributed by atoms with E-state index in [9.17, 15) is 4.79 Å². The number of amides is 1. The van der Waals surface area contributed by atoms with Gasteiger partial charge in [-0.15, -0.1) is 0 Å². The van der Waals surface area contributed by atoms with Crippen LogP contribution in [-0.2, 0) is 6.54 Å². The summed E-state index contributed by atoms with van der Waals surface area (Å²) in [4.78, 5) is 19.1. The first-order valence-electron chi connectivity index (χ1n) is 11.4. The molecular weight excluding hydrogens is 386 g/mol. The highest BCUT2D eigenvalue weighted by Crippen LogP contribution is 2.24. The zero-order valence-corrected chi connectivity index (χ0v) is 18.9. The van der Waals surface area contributed by atoms with E-state index in [0.29, 0.717) is 18.7 Å². The Labute approximate surface area is 186 Å². The molecule has 1 aliphatic heterocycles. The summed E-state index contributed by atoms with van der Waals surface area (Å²) < 4.78 is 0. The van der Waals surface area contributed by atoms with Gasteiger partial charge in [0.1, 0.15) is 0 Å². The van der Waals surface area contributed by atoms with Crippen molar-refractivity contribution >= 4 is 17.6 Å². The van der Waals surface area contributed by atoms with Crippen molar-refractivity contribution in [3.63, 3.8) is 0 Å². The number of anilines is 1. The van der Waals surface area contributed by atoms with Crippen molar-refractivity contribution in [3.8, 4) is 0 Å². The number of carbonyl (C=O) groups is 1. The monoisotopic (exact) mass is 421 g/mol. The van der Waals surface area contributed by atoms with Gasteiger partial charge in [-0.25, -0.2) is 4.99 Å². The Morgan fingerprint density at radius 2 is 1.74 bits per heavy atom. The molecule has 1 heterocycles. The Kier molecular flexibility index (Phi) is 8.33. The molecule has 2 aromatic rings. The molecule has 0 bridgehead atoms. The van der Waals surface area contributed by atoms with Crippen LogP contribution >= 0.6 is 0 Å². The van der Waals surface area contributed by atoms with Crippen molar-refractivity contribution in [2.24, 2.45) is 4.99 Å². The van der Waals surface area contributed by atoms with Crippen molar-refractivity contribution in [1.82, 2.24) is 16.0 Å². The van der Waals surface area contributed by atoms with Gasteiger partial charge >= 0.3 is 0 Å². The molecule has 0 saturated carbocycles. The molecule has 0 radical (unpaired) electrons. The zero-order valence-electron chi connectivity index (χ0n) is 18.9. The summed E-state index contributed by atoms with van der Waals surface area (Å²) >= 11 is 0. The molecule has 6 nitrogen and oxygen atoms in total. The molecule has 3 N–H and O–H groups in total. The van der Waals surface area contributed by atoms with Gasteiger partial charge in [-0.2, -0.15) is 0 Å². The lowest BCUT2D eigenvalue weighted by molar-refractivity contribution is 0.0956. The van der Waals surface area contributed by atoms with Crippen LogP contribution in [0.5, 0.6) is 0 Å². The van der Waals surface area contributed by atoms with Gasteiger partial charge < -0.3 is 20.9 Å². The number of nitrogens with zero attached hydrogens (tertiary/aromatic N) is 2. The number of nitrogens with one attached hydrogen (secondary N) is 3. The Balaban J connectivity index is 1.64. The van der Waals surface area contributed by atoms with Crippen LogP contribution in [0.2, 0.25) is 0 Å². The first-order valence-corrected chi connectivity index (χ1v) is 11.4. The maximum absolute atomic E-state index is 11.9. The molecule has 0 spiro atoms. The maximum atomic E-state index is 11.9. The van der Waals surface area contributed by atoms with Gasteiger partial charge in [-0.3, -0.25) is 4.79 Å². The predicted molar refractivity (Wildman–Crippen MR) is 129 cm³/mol. The number of benzene rings is 2. The summed E-state index contributed by atoms with van der Waals surface area (Å²) in [6.45, 7) is 10.4. The fourth-order valence-electron chi connectivity index (χ4n) is 3.77. The second kappa shape index (κ2) is 11.4. The molecule has 6 heteroatoms. The van der Waals surface area contributed by atoms with Crippen LogP contribution in [0.4, 0.5) is 5.69 Å². The van der Waals surface area contributed by atoms with Crippen LogP contribution in [0, 0.1) is 0 Å². The number of guanidine groups is 1. The van der Waals surface area contributed by atoms with Crippen LogP contribution in [0.15, 0.2) is 53.5 Å². The van der Waals surface area contributed by atoms with E-state index in [1.54, 1.807) is 0 Å². The summed E-state index contributed by atoms with van der Waals surface area (Å²) in [7, 11) is 0. The first kappa shape index (κ1) is 22.7. The Morgan fingerprint density at radius 3 is 2.42 bits per heavy atom. The van der Waals surface area contributed by atoms with E-state index >= 15 is 0 Å². The third-order valence-electron chi connectivity index (χ3n) is 5.51. The lowest BCUT2D eigenvalue weighted by atomic mass is 10.1. The van der Waals surface area contributed by atoms with Gasteiger partial charge in [0.25, 0.3) is 5.91 Å². The van der Waals surface area contributed by atoms with Crippen LogP contribution in [0.25, 0.3) is 0 Å². The SMILES string of the molecule is CCNC(=O)c1ccc(CN=C(NCC)NC(C)c2cccc(N3CCCC3)c2)cc1. The first-order chi connectivity index (χ1) is 15.1. The Bertz CT molecular complexity index is 872. The average Bonchev–Trinajstić information content (AvgIpc) is 3.33. The molecule has 1 amide bonds. The summed E-state index contributed by atoms with van der Waals surface area (Å²) in [6, 6.07) is 16.5. The number of rotatable bonds is 8. The van der Waals surface area contributed by atoms with Crippen molar-refractivity contribution in [3.05, 3.63) is 65.2 Å². The molecule has 1 fully saturated rings. The van der Waals surface area contributed by atoms with Crippen molar-refractivity contribution in [1.29, 1.82) is 0 Å². The summed E-state index contributed by atoms with van der Waals surface area (Å²) in [5.74, 6) is 0.743. The van der Waals surface area contributed by atoms with E-state index < -0.39 is 0 Å². The quantitative estimate of drug-likeness (QED) is 0.447. The van der Waals surface area contributed by atoms with E-state index in [1.807, 2.05) is 31.2 Å². The lowest BCUT2D eigenvalue weighted by Gasteiger charge is -2.22. The van der Waals surface area contributed by atoms with Gasteiger partial charge in [0, 0.05) is 37.4 Å². The molecule has 31 heavy (non-hydrogen) atoms. The molecular formula is C25H35N5O. The minimum Gasteiger partial charge on any atom is -0.372 e. The lowest BCUT2D eigenvalue weighted by Crippen LogP contribution is -2.38. The van der Waals surface area contributed by atoms with E-state index in [2.05, 4.69) is 59.0 Å². The third kappa shape index (κ3) is 6.48. The Morgan fingerprint density at radius 1 is 1.03 bits per heavy atom. The fourth-order valence-corrected chi connectivity index (χ4v) is 3.77. The predicted octanol–water partition coefficient (Wildman–Crippen LogP) is 3.85. The molecule has 0 aromatic heterocycles. The minimum atomic E-state index is -0.0439. The van der Waals surface area contributed by atoms with Gasteiger partial charge in [0.05, 0.1) is 12.6 Å². The van der Waals surface area contributed by atoms with Crippen molar-refractivity contribution in [2.45, 2.75) is 46.2 Å². The fraction of sp³-hybridized carbons (Fsp3) is 0.440. The van der Waals surface area contributed by atoms with Gasteiger partial charge in [-0.1, -0.05) is 24.3 Å². The standard InChI is InChI=1S/C25H35N5O/c1-4-26-24(31)21-13-11-20(12-14-21)18-28-25(27-5-2)29-19(3)22-9-8-10-23(17-22)30-15-6-7-16-30/h8-14,17,19H,4-7,15-16,18H2,1-3H3,(H,26,31)(H2,27,28,29). The van der Waals surface area contributed by atoms with Gasteiger partial charge in [0.2, 0.25) is 0 Å². The largest absolute Gasteiger partial charge is 0.372 e. The van der Waals surface area contributed by atoms with E-state index in [-0.39, 0.29) is 11.9 Å². The van der Waals surface area contributed by atoms with Crippen LogP contribution in [0.1, 0.15) is 61.1 Å². The van der Waals surface area contributed by atoms with Crippen LogP contribution < -0.4 is 20.9 Å². The summed E-state index contributed by atoms with van der Waals surface area (Å²) in [6.07, 6.45) is 2.55. The highest BCUT2D eigenvalue weighted by atomic mass is 16.1. The van der Waals surface area contributed by atoms with Crippen molar-refractivity contribution in [2.75, 3.05) is 31.1 Å². The van der Waals surface area contributed by atoms with Crippen LogP contribution in [-0.4, -0.2) is 38.0 Å². The smallest absolute Gasteiger partial charge is 0.251 e. The number of aliphatic imine (C=N–C) groups is 1. The van der Waals surface area contributed by atoms with Crippen molar-refractivity contribution < 1.29 is 4.79 Å². The summed E-state index contributed by atoms with van der Waals surface area (Å²) in [5, 5.41) is 9.68. The average molecular weight is 422 g/mol.